The summed E-state index contributed by atoms with van der Waals surface area (Å²) in [5.74, 6) is 0.517. The molecule has 0 amide bonds. The van der Waals surface area contributed by atoms with Crippen molar-refractivity contribution in [2.75, 3.05) is 0 Å². The third kappa shape index (κ3) is 3.40. The molecular weight excluding hydrogens is 577 g/mol. The second kappa shape index (κ2) is 9.43. The summed E-state index contributed by atoms with van der Waals surface area (Å²) in [6, 6.07) is 50.4. The van der Waals surface area contributed by atoms with Crippen molar-refractivity contribution in [1.82, 2.24) is 0 Å². The van der Waals surface area contributed by atoms with Crippen LogP contribution in [0.4, 0.5) is 0 Å². The minimum absolute atomic E-state index is 0.257. The Morgan fingerprint density at radius 2 is 1.15 bits per heavy atom. The van der Waals surface area contributed by atoms with E-state index < -0.39 is 0 Å². The van der Waals surface area contributed by atoms with E-state index in [9.17, 15) is 0 Å². The highest BCUT2D eigenvalue weighted by molar-refractivity contribution is 6.20. The van der Waals surface area contributed by atoms with Crippen molar-refractivity contribution < 1.29 is 0 Å². The topological polar surface area (TPSA) is 0 Å². The average molecular weight is 609 g/mol. The summed E-state index contributed by atoms with van der Waals surface area (Å²) in [6.45, 7) is 4.54. The van der Waals surface area contributed by atoms with Crippen LogP contribution in [-0.4, -0.2) is 0 Å². The summed E-state index contributed by atoms with van der Waals surface area (Å²) in [4.78, 5) is 0. The van der Waals surface area contributed by atoms with E-state index in [0.717, 1.165) is 0 Å². The summed E-state index contributed by atoms with van der Waals surface area (Å²) < 4.78 is 0. The van der Waals surface area contributed by atoms with E-state index in [0.29, 0.717) is 0 Å². The zero-order valence-corrected chi connectivity index (χ0v) is 27.0. The summed E-state index contributed by atoms with van der Waals surface area (Å²) in [5.41, 5.74) is 21.8. The van der Waals surface area contributed by atoms with Gasteiger partial charge in [0.1, 0.15) is 0 Å². The molecule has 0 heteroatoms. The van der Waals surface area contributed by atoms with Gasteiger partial charge in [0.15, 0.2) is 0 Å². The number of rotatable bonds is 2. The van der Waals surface area contributed by atoms with E-state index in [-0.39, 0.29) is 11.8 Å². The Bertz CT molecular complexity index is 2720. The second-order valence-corrected chi connectivity index (χ2v) is 14.1. The molecule has 11 rings (SSSR count). The molecule has 0 aliphatic heterocycles. The standard InChI is InChI=1S/C48H32/c1-27-20-41-39-25-37-35(29-12-5-3-6-13-29)24-43-36(23-31-16-11-19-33-32-17-9-10-18-34(32)48(43)46(31)33)38(37)26-40(39)42-22-28(2)45(44(21-27)47(41)42)30-14-7-4-8-15-30/h3-26,36,43H,1-2H3. The van der Waals surface area contributed by atoms with Crippen molar-refractivity contribution in [2.24, 2.45) is 5.92 Å². The van der Waals surface area contributed by atoms with Gasteiger partial charge in [-0.1, -0.05) is 133 Å². The van der Waals surface area contributed by atoms with Gasteiger partial charge in [-0.05, 0) is 136 Å². The van der Waals surface area contributed by atoms with Gasteiger partial charge in [0.2, 0.25) is 0 Å². The highest BCUT2D eigenvalue weighted by Gasteiger charge is 2.39. The molecule has 0 saturated heterocycles. The van der Waals surface area contributed by atoms with Crippen LogP contribution in [0.15, 0.2) is 140 Å². The molecule has 4 aliphatic carbocycles. The van der Waals surface area contributed by atoms with Gasteiger partial charge in [0, 0.05) is 11.8 Å². The molecular formula is C48H32. The molecule has 4 aliphatic rings. The number of allylic oxidation sites excluding steroid dienone is 1. The van der Waals surface area contributed by atoms with Crippen molar-refractivity contribution in [3.63, 3.8) is 0 Å². The molecule has 0 radical (unpaired) electrons. The van der Waals surface area contributed by atoms with Crippen LogP contribution in [-0.2, 0) is 0 Å². The summed E-state index contributed by atoms with van der Waals surface area (Å²) in [6.07, 6.45) is 5.18. The Morgan fingerprint density at radius 1 is 0.458 bits per heavy atom. The Balaban J connectivity index is 1.22. The third-order valence-corrected chi connectivity index (χ3v) is 11.4. The molecule has 0 fully saturated rings. The van der Waals surface area contributed by atoms with Gasteiger partial charge in [-0.25, -0.2) is 0 Å². The smallest absolute Gasteiger partial charge is 0.0144 e. The molecule has 0 aromatic heterocycles. The number of fused-ring (bicyclic) bond motifs is 10. The molecule has 0 N–H and O–H groups in total. The van der Waals surface area contributed by atoms with Gasteiger partial charge in [-0.3, -0.25) is 0 Å². The maximum absolute atomic E-state index is 2.61. The lowest BCUT2D eigenvalue weighted by molar-refractivity contribution is 0.733. The molecule has 48 heavy (non-hydrogen) atoms. The maximum Gasteiger partial charge on any atom is 0.0144 e. The zero-order chi connectivity index (χ0) is 31.7. The van der Waals surface area contributed by atoms with E-state index in [1.807, 2.05) is 0 Å². The average Bonchev–Trinajstić information content (AvgIpc) is 3.62. The first-order valence-corrected chi connectivity index (χ1v) is 17.2. The Morgan fingerprint density at radius 3 is 1.96 bits per heavy atom. The molecule has 0 nitrogen and oxygen atoms in total. The van der Waals surface area contributed by atoms with Crippen LogP contribution in [0.1, 0.15) is 39.3 Å². The molecule has 0 bridgehead atoms. The Hall–Kier alpha value is -5.72. The van der Waals surface area contributed by atoms with Crippen LogP contribution < -0.4 is 10.4 Å². The van der Waals surface area contributed by atoms with Crippen LogP contribution >= 0.6 is 0 Å². The van der Waals surface area contributed by atoms with Gasteiger partial charge in [-0.2, -0.15) is 0 Å². The Labute approximate surface area is 280 Å². The first-order valence-electron chi connectivity index (χ1n) is 17.2. The number of hydrogen-bond donors (Lipinski definition) is 0. The van der Waals surface area contributed by atoms with Gasteiger partial charge in [0.05, 0.1) is 0 Å². The van der Waals surface area contributed by atoms with E-state index >= 15 is 0 Å². The van der Waals surface area contributed by atoms with Crippen LogP contribution in [0.3, 0.4) is 0 Å². The van der Waals surface area contributed by atoms with Crippen molar-refractivity contribution in [3.8, 4) is 44.5 Å². The fraction of sp³-hybridized carbons (Fsp3) is 0.0833. The largest absolute Gasteiger partial charge is 0.0681 e. The van der Waals surface area contributed by atoms with Crippen molar-refractivity contribution in [3.05, 3.63) is 183 Å². The van der Waals surface area contributed by atoms with Crippen molar-refractivity contribution >= 4 is 28.0 Å². The zero-order valence-electron chi connectivity index (χ0n) is 27.0. The van der Waals surface area contributed by atoms with E-state index in [2.05, 4.69) is 159 Å². The van der Waals surface area contributed by atoms with E-state index in [1.165, 1.54) is 110 Å². The molecule has 224 valence electrons. The second-order valence-electron chi connectivity index (χ2n) is 14.1. The van der Waals surface area contributed by atoms with Crippen LogP contribution in [0.2, 0.25) is 0 Å². The fourth-order valence-corrected chi connectivity index (χ4v) is 9.58. The van der Waals surface area contributed by atoms with Crippen molar-refractivity contribution in [1.29, 1.82) is 0 Å². The van der Waals surface area contributed by atoms with Crippen LogP contribution in [0.25, 0.3) is 72.5 Å². The predicted octanol–water partition coefficient (Wildman–Crippen LogP) is 10.6. The quantitative estimate of drug-likeness (QED) is 0.183. The molecule has 0 spiro atoms. The van der Waals surface area contributed by atoms with E-state index in [4.69, 9.17) is 0 Å². The summed E-state index contributed by atoms with van der Waals surface area (Å²) in [5, 5.41) is 5.56. The molecule has 7 aromatic carbocycles. The lowest BCUT2D eigenvalue weighted by Crippen LogP contribution is -2.36. The summed E-state index contributed by atoms with van der Waals surface area (Å²) >= 11 is 0. The SMILES string of the molecule is Cc1cc2c3c(cc(C)c(-c4ccccc4)c3c1)-c1cc3c(cc1-2)C(c1ccccc1)=CC1C2=c4c(cccc4=CC31)-c1ccccc12. The number of hydrogen-bond acceptors (Lipinski definition) is 0. The van der Waals surface area contributed by atoms with Gasteiger partial charge in [0.25, 0.3) is 0 Å². The van der Waals surface area contributed by atoms with Gasteiger partial charge in [-0.15, -0.1) is 0 Å². The highest BCUT2D eigenvalue weighted by atomic mass is 14.4. The monoisotopic (exact) mass is 608 g/mol. The predicted molar refractivity (Wildman–Crippen MR) is 201 cm³/mol. The normalized spacial score (nSPS) is 17.2. The van der Waals surface area contributed by atoms with Gasteiger partial charge >= 0.3 is 0 Å². The fourth-order valence-electron chi connectivity index (χ4n) is 9.58. The molecule has 2 atom stereocenters. The summed E-state index contributed by atoms with van der Waals surface area (Å²) in [7, 11) is 0. The van der Waals surface area contributed by atoms with Crippen molar-refractivity contribution in [2.45, 2.75) is 19.8 Å². The first-order chi connectivity index (χ1) is 23.6. The number of benzene rings is 7. The number of aryl methyl sites for hydroxylation is 2. The van der Waals surface area contributed by atoms with Crippen LogP contribution in [0.5, 0.6) is 0 Å². The van der Waals surface area contributed by atoms with E-state index in [1.54, 1.807) is 0 Å². The lowest BCUT2D eigenvalue weighted by atomic mass is 9.68. The van der Waals surface area contributed by atoms with Crippen LogP contribution in [0, 0.1) is 19.8 Å². The minimum Gasteiger partial charge on any atom is -0.0681 e. The lowest BCUT2D eigenvalue weighted by Gasteiger charge is -2.35. The third-order valence-electron chi connectivity index (χ3n) is 11.4. The first kappa shape index (κ1) is 26.4. The molecule has 0 heterocycles. The maximum atomic E-state index is 2.61. The molecule has 2 unspecified atom stereocenters. The molecule has 0 saturated carbocycles. The highest BCUT2D eigenvalue weighted by Crippen LogP contribution is 2.56. The molecule has 7 aromatic rings. The van der Waals surface area contributed by atoms with Gasteiger partial charge < -0.3 is 0 Å². The minimum atomic E-state index is 0.257. The Kier molecular flexibility index (Phi) is 5.18.